The molecule has 0 bridgehead atoms. The molecule has 0 saturated carbocycles. The summed E-state index contributed by atoms with van der Waals surface area (Å²) in [6.07, 6.45) is 4.97. The molecule has 0 saturated heterocycles. The molecule has 1 aromatic rings. The smallest absolute Gasteiger partial charge is 0.245 e. The van der Waals surface area contributed by atoms with E-state index in [2.05, 4.69) is 34.0 Å². The molecule has 1 rings (SSSR count). The Labute approximate surface area is 163 Å². The predicted molar refractivity (Wildman–Crippen MR) is 106 cm³/mol. The number of carbonyl (C=O) groups is 3. The number of nitrogens with one attached hydrogen (secondary N) is 2. The number of hydrogen-bond acceptors (Lipinski definition) is 6. The highest BCUT2D eigenvalue weighted by Crippen LogP contribution is 2.16. The van der Waals surface area contributed by atoms with Crippen LogP contribution in [0.25, 0.3) is 0 Å². The van der Waals surface area contributed by atoms with Crippen molar-refractivity contribution in [3.8, 4) is 0 Å². The van der Waals surface area contributed by atoms with Gasteiger partial charge in [0.25, 0.3) is 0 Å². The standard InChI is InChI=1S/C18H27N5O3S/c1-5-8-16-21-22-18(27-16)20-15(25)10-9-14(24)19-13(4)17(26)23(11-6-2)12-7-3/h6-7,13H,2-3,5,8-12H2,1,4H3,(H,19,24)(H,20,22,25). The monoisotopic (exact) mass is 393 g/mol. The number of anilines is 1. The fourth-order valence-electron chi connectivity index (χ4n) is 2.24. The van der Waals surface area contributed by atoms with Crippen LogP contribution in [0.2, 0.25) is 0 Å². The van der Waals surface area contributed by atoms with E-state index in [0.29, 0.717) is 18.2 Å². The minimum absolute atomic E-state index is 0.00152. The second-order valence-electron chi connectivity index (χ2n) is 5.91. The Balaban J connectivity index is 2.41. The van der Waals surface area contributed by atoms with Gasteiger partial charge < -0.3 is 15.5 Å². The third kappa shape index (κ3) is 8.12. The zero-order valence-corrected chi connectivity index (χ0v) is 16.7. The molecule has 0 radical (unpaired) electrons. The van der Waals surface area contributed by atoms with Crippen molar-refractivity contribution in [2.24, 2.45) is 0 Å². The predicted octanol–water partition coefficient (Wildman–Crippen LogP) is 1.91. The van der Waals surface area contributed by atoms with Crippen LogP contribution in [0.5, 0.6) is 0 Å². The van der Waals surface area contributed by atoms with E-state index in [9.17, 15) is 14.4 Å². The third-order valence-corrected chi connectivity index (χ3v) is 4.41. The lowest BCUT2D eigenvalue weighted by atomic mass is 10.2. The maximum absolute atomic E-state index is 12.3. The van der Waals surface area contributed by atoms with E-state index in [1.807, 2.05) is 6.92 Å². The Bertz CT molecular complexity index is 664. The fourth-order valence-corrected chi connectivity index (χ4v) is 3.10. The molecule has 0 aliphatic carbocycles. The van der Waals surface area contributed by atoms with Gasteiger partial charge in [0.05, 0.1) is 0 Å². The number of aromatic nitrogens is 2. The first kappa shape index (κ1) is 22.5. The molecule has 1 unspecified atom stereocenters. The SMILES string of the molecule is C=CCN(CC=C)C(=O)C(C)NC(=O)CCC(=O)Nc1nnc(CCC)s1. The lowest BCUT2D eigenvalue weighted by Crippen LogP contribution is -2.47. The van der Waals surface area contributed by atoms with E-state index >= 15 is 0 Å². The van der Waals surface area contributed by atoms with Gasteiger partial charge in [-0.15, -0.1) is 23.4 Å². The van der Waals surface area contributed by atoms with Crippen LogP contribution in [0.4, 0.5) is 5.13 Å². The first-order valence-electron chi connectivity index (χ1n) is 8.83. The lowest BCUT2D eigenvalue weighted by Gasteiger charge is -2.23. The highest BCUT2D eigenvalue weighted by Gasteiger charge is 2.21. The van der Waals surface area contributed by atoms with Crippen molar-refractivity contribution in [2.45, 2.75) is 45.6 Å². The van der Waals surface area contributed by atoms with Gasteiger partial charge in [-0.3, -0.25) is 14.4 Å². The third-order valence-electron chi connectivity index (χ3n) is 3.51. The highest BCUT2D eigenvalue weighted by molar-refractivity contribution is 7.15. The Morgan fingerprint density at radius 2 is 1.78 bits per heavy atom. The molecular weight excluding hydrogens is 366 g/mol. The number of aryl methyl sites for hydroxylation is 1. The largest absolute Gasteiger partial charge is 0.345 e. The van der Waals surface area contributed by atoms with Gasteiger partial charge in [-0.2, -0.15) is 0 Å². The molecule has 2 N–H and O–H groups in total. The van der Waals surface area contributed by atoms with E-state index in [1.165, 1.54) is 16.2 Å². The van der Waals surface area contributed by atoms with Gasteiger partial charge in [-0.05, 0) is 13.3 Å². The Morgan fingerprint density at radius 1 is 1.15 bits per heavy atom. The summed E-state index contributed by atoms with van der Waals surface area (Å²) in [6.45, 7) is 11.6. The van der Waals surface area contributed by atoms with Crippen LogP contribution in [0.3, 0.4) is 0 Å². The van der Waals surface area contributed by atoms with E-state index in [4.69, 9.17) is 0 Å². The maximum Gasteiger partial charge on any atom is 0.245 e. The van der Waals surface area contributed by atoms with Crippen molar-refractivity contribution >= 4 is 34.2 Å². The zero-order chi connectivity index (χ0) is 20.2. The minimum Gasteiger partial charge on any atom is -0.345 e. The summed E-state index contributed by atoms with van der Waals surface area (Å²) in [6, 6.07) is -0.694. The van der Waals surface area contributed by atoms with Crippen molar-refractivity contribution in [3.05, 3.63) is 30.3 Å². The van der Waals surface area contributed by atoms with Gasteiger partial charge in [0, 0.05) is 32.4 Å². The average molecular weight is 394 g/mol. The molecule has 0 fully saturated rings. The zero-order valence-electron chi connectivity index (χ0n) is 15.9. The molecule has 1 heterocycles. The first-order valence-corrected chi connectivity index (χ1v) is 9.65. The van der Waals surface area contributed by atoms with Gasteiger partial charge in [0.2, 0.25) is 22.9 Å². The summed E-state index contributed by atoms with van der Waals surface area (Å²) in [5, 5.41) is 14.4. The number of nitrogens with zero attached hydrogens (tertiary/aromatic N) is 3. The summed E-state index contributed by atoms with van der Waals surface area (Å²) >= 11 is 1.33. The van der Waals surface area contributed by atoms with E-state index < -0.39 is 6.04 Å². The number of amides is 3. The summed E-state index contributed by atoms with van der Waals surface area (Å²) in [4.78, 5) is 37.8. The molecule has 1 aromatic heterocycles. The lowest BCUT2D eigenvalue weighted by molar-refractivity contribution is -0.135. The molecule has 1 atom stereocenters. The van der Waals surface area contributed by atoms with E-state index in [1.54, 1.807) is 19.1 Å². The summed E-state index contributed by atoms with van der Waals surface area (Å²) in [5.41, 5.74) is 0. The number of hydrogen-bond donors (Lipinski definition) is 2. The van der Waals surface area contributed by atoms with Gasteiger partial charge >= 0.3 is 0 Å². The van der Waals surface area contributed by atoms with Crippen molar-refractivity contribution in [1.29, 1.82) is 0 Å². The molecule has 148 valence electrons. The molecule has 0 aromatic carbocycles. The van der Waals surface area contributed by atoms with Gasteiger partial charge in [0.1, 0.15) is 11.0 Å². The minimum atomic E-state index is -0.694. The van der Waals surface area contributed by atoms with Crippen molar-refractivity contribution in [1.82, 2.24) is 20.4 Å². The fraction of sp³-hybridized carbons (Fsp3) is 0.500. The van der Waals surface area contributed by atoms with Gasteiger partial charge in [0.15, 0.2) is 0 Å². The highest BCUT2D eigenvalue weighted by atomic mass is 32.1. The molecule has 0 aliphatic rings. The van der Waals surface area contributed by atoms with E-state index in [-0.39, 0.29) is 30.6 Å². The number of rotatable bonds is 12. The molecule has 3 amide bonds. The van der Waals surface area contributed by atoms with Crippen LogP contribution in [0.1, 0.15) is 38.1 Å². The molecule has 27 heavy (non-hydrogen) atoms. The maximum atomic E-state index is 12.3. The van der Waals surface area contributed by atoms with Gasteiger partial charge in [-0.1, -0.05) is 30.4 Å². The van der Waals surface area contributed by atoms with Gasteiger partial charge in [-0.25, -0.2) is 0 Å². The summed E-state index contributed by atoms with van der Waals surface area (Å²) in [5.74, 6) is -0.916. The quantitative estimate of drug-likeness (QED) is 0.528. The van der Waals surface area contributed by atoms with Crippen LogP contribution < -0.4 is 10.6 Å². The molecule has 0 spiro atoms. The molecule has 0 aliphatic heterocycles. The first-order chi connectivity index (χ1) is 12.9. The average Bonchev–Trinajstić information content (AvgIpc) is 3.06. The molecular formula is C18H27N5O3S. The molecule has 9 heteroatoms. The Hall–Kier alpha value is -2.55. The summed E-state index contributed by atoms with van der Waals surface area (Å²) in [7, 11) is 0. The normalized spacial score (nSPS) is 11.3. The van der Waals surface area contributed by atoms with Crippen LogP contribution in [-0.4, -0.2) is 52.0 Å². The van der Waals surface area contributed by atoms with Crippen molar-refractivity contribution in [2.75, 3.05) is 18.4 Å². The number of carbonyl (C=O) groups excluding carboxylic acids is 3. The second kappa shape index (κ2) is 11.9. The van der Waals surface area contributed by atoms with Crippen LogP contribution in [0, 0.1) is 0 Å². The van der Waals surface area contributed by atoms with Crippen LogP contribution in [0.15, 0.2) is 25.3 Å². The Kier molecular flexibility index (Phi) is 9.95. The van der Waals surface area contributed by atoms with Crippen molar-refractivity contribution < 1.29 is 14.4 Å². The Morgan fingerprint density at radius 3 is 2.37 bits per heavy atom. The molecule has 8 nitrogen and oxygen atoms in total. The second-order valence-corrected chi connectivity index (χ2v) is 6.97. The van der Waals surface area contributed by atoms with Crippen molar-refractivity contribution in [3.63, 3.8) is 0 Å². The summed E-state index contributed by atoms with van der Waals surface area (Å²) < 4.78 is 0. The topological polar surface area (TPSA) is 104 Å². The van der Waals surface area contributed by atoms with Crippen LogP contribution in [-0.2, 0) is 20.8 Å². The van der Waals surface area contributed by atoms with Crippen LogP contribution >= 0.6 is 11.3 Å². The van der Waals surface area contributed by atoms with E-state index in [0.717, 1.165) is 17.8 Å².